The van der Waals surface area contributed by atoms with Crippen molar-refractivity contribution in [1.82, 2.24) is 30.5 Å². The fraction of sp³-hybridized carbons (Fsp3) is 0.324. The van der Waals surface area contributed by atoms with Crippen LogP contribution in [0.5, 0.6) is 5.88 Å². The molecular formula is C34H36ClN7O4. The molecule has 0 radical (unpaired) electrons. The lowest BCUT2D eigenvalue weighted by Crippen LogP contribution is -2.35. The van der Waals surface area contributed by atoms with Crippen LogP contribution in [-0.2, 0) is 24.4 Å². The molecule has 46 heavy (non-hydrogen) atoms. The molecule has 11 nitrogen and oxygen atoms in total. The van der Waals surface area contributed by atoms with E-state index in [0.717, 1.165) is 34.2 Å². The number of methoxy groups -OCH3 is 1. The molecule has 6 rings (SSSR count). The molecule has 2 aliphatic rings. The van der Waals surface area contributed by atoms with Crippen LogP contribution in [0.2, 0.25) is 5.02 Å². The molecule has 4 N–H and O–H groups in total. The van der Waals surface area contributed by atoms with E-state index >= 15 is 0 Å². The second-order valence-corrected chi connectivity index (χ2v) is 11.9. The van der Waals surface area contributed by atoms with Crippen LogP contribution in [0.4, 0.5) is 5.69 Å². The van der Waals surface area contributed by atoms with Gasteiger partial charge in [-0.15, -0.1) is 0 Å². The Labute approximate surface area is 272 Å². The zero-order valence-electron chi connectivity index (χ0n) is 25.8. The summed E-state index contributed by atoms with van der Waals surface area (Å²) in [4.78, 5) is 40.6. The Balaban J connectivity index is 1.19. The molecule has 2 aliphatic heterocycles. The number of benzene rings is 1. The summed E-state index contributed by atoms with van der Waals surface area (Å²) in [6.45, 7) is 5.18. The standard InChI is InChI=1S/C34H36ClN7O4/c1-20-25(4-3-5-27(20)40-33(45)29-14-22-18-42(12-13-43)19-23(22)16-38-29)32-31(35)26(10-11-37-32)28-8-6-21(34(41-28)46-2)15-36-17-24-7-9-30(44)39-24/h3-6,8,10-11,14,16,24,36,43H,7,9,12-13,15,17-19H2,1-2H3,(H,39,44)(H,40,45). The number of hydrogen-bond acceptors (Lipinski definition) is 9. The molecule has 1 unspecified atom stereocenters. The van der Waals surface area contributed by atoms with Gasteiger partial charge < -0.3 is 25.8 Å². The van der Waals surface area contributed by atoms with Crippen molar-refractivity contribution in [2.24, 2.45) is 0 Å². The van der Waals surface area contributed by atoms with Gasteiger partial charge in [0, 0.05) is 80.0 Å². The highest BCUT2D eigenvalue weighted by Gasteiger charge is 2.23. The van der Waals surface area contributed by atoms with E-state index in [4.69, 9.17) is 21.3 Å². The number of rotatable bonds is 11. The predicted octanol–water partition coefficient (Wildman–Crippen LogP) is 4.10. The molecule has 3 aromatic heterocycles. The van der Waals surface area contributed by atoms with E-state index in [1.165, 1.54) is 0 Å². The highest BCUT2D eigenvalue weighted by Crippen LogP contribution is 2.38. The van der Waals surface area contributed by atoms with Gasteiger partial charge in [0.05, 0.1) is 30.1 Å². The van der Waals surface area contributed by atoms with Gasteiger partial charge in [-0.3, -0.25) is 24.5 Å². The molecule has 12 heteroatoms. The SMILES string of the molecule is COc1nc(-c2ccnc(-c3cccc(NC(=O)c4cc5c(cn4)CN(CCO)C5)c3C)c2Cl)ccc1CNCC1CCC(=O)N1. The second-order valence-electron chi connectivity index (χ2n) is 11.5. The summed E-state index contributed by atoms with van der Waals surface area (Å²) in [6, 6.07) is 13.2. The highest BCUT2D eigenvalue weighted by molar-refractivity contribution is 6.35. The number of halogens is 1. The van der Waals surface area contributed by atoms with Crippen LogP contribution in [0.3, 0.4) is 0 Å². The van der Waals surface area contributed by atoms with Gasteiger partial charge in [0.1, 0.15) is 5.69 Å². The summed E-state index contributed by atoms with van der Waals surface area (Å²) < 4.78 is 5.61. The minimum absolute atomic E-state index is 0.0882. The van der Waals surface area contributed by atoms with E-state index in [0.29, 0.717) is 78.4 Å². The zero-order chi connectivity index (χ0) is 32.2. The minimum atomic E-state index is -0.310. The number of anilines is 1. The molecule has 1 atom stereocenters. The molecule has 4 aromatic rings. The van der Waals surface area contributed by atoms with Crippen LogP contribution in [-0.4, -0.2) is 69.6 Å². The van der Waals surface area contributed by atoms with E-state index in [1.54, 1.807) is 19.5 Å². The number of aromatic nitrogens is 3. The number of carbonyl (C=O) groups is 2. The van der Waals surface area contributed by atoms with Crippen molar-refractivity contribution in [3.63, 3.8) is 0 Å². The van der Waals surface area contributed by atoms with Crippen molar-refractivity contribution in [3.8, 4) is 28.4 Å². The summed E-state index contributed by atoms with van der Waals surface area (Å²) >= 11 is 6.99. The van der Waals surface area contributed by atoms with Crippen molar-refractivity contribution in [3.05, 3.63) is 87.8 Å². The van der Waals surface area contributed by atoms with Crippen molar-refractivity contribution in [2.45, 2.75) is 45.4 Å². The predicted molar refractivity (Wildman–Crippen MR) is 175 cm³/mol. The smallest absolute Gasteiger partial charge is 0.274 e. The fourth-order valence-corrected chi connectivity index (χ4v) is 6.27. The van der Waals surface area contributed by atoms with Crippen LogP contribution in [0.25, 0.3) is 22.5 Å². The van der Waals surface area contributed by atoms with E-state index in [2.05, 4.69) is 30.8 Å². The average Bonchev–Trinajstić information content (AvgIpc) is 3.67. The van der Waals surface area contributed by atoms with Crippen molar-refractivity contribution >= 4 is 29.1 Å². The average molecular weight is 642 g/mol. The number of fused-ring (bicyclic) bond motifs is 1. The minimum Gasteiger partial charge on any atom is -0.481 e. The number of hydrogen-bond donors (Lipinski definition) is 4. The molecule has 2 amide bonds. The van der Waals surface area contributed by atoms with Crippen molar-refractivity contribution in [2.75, 3.05) is 32.1 Å². The Morgan fingerprint density at radius 1 is 1.15 bits per heavy atom. The summed E-state index contributed by atoms with van der Waals surface area (Å²) in [5.74, 6) is 0.266. The molecule has 0 saturated carbocycles. The number of aliphatic hydroxyl groups is 1. The van der Waals surface area contributed by atoms with Crippen LogP contribution in [0.1, 0.15) is 45.6 Å². The third-order valence-electron chi connectivity index (χ3n) is 8.45. The number of nitrogens with one attached hydrogen (secondary N) is 3. The number of ether oxygens (including phenoxy) is 1. The lowest BCUT2D eigenvalue weighted by molar-refractivity contribution is -0.119. The molecular weight excluding hydrogens is 606 g/mol. The van der Waals surface area contributed by atoms with Gasteiger partial charge >= 0.3 is 0 Å². The Kier molecular flexibility index (Phi) is 9.55. The summed E-state index contributed by atoms with van der Waals surface area (Å²) in [5.41, 5.74) is 7.45. The molecule has 5 heterocycles. The second kappa shape index (κ2) is 13.9. The van der Waals surface area contributed by atoms with Gasteiger partial charge in [0.25, 0.3) is 5.91 Å². The number of amides is 2. The Hall–Kier alpha value is -4.42. The number of nitrogens with zero attached hydrogens (tertiary/aromatic N) is 4. The molecule has 0 spiro atoms. The fourth-order valence-electron chi connectivity index (χ4n) is 5.96. The normalized spacial score (nSPS) is 15.9. The summed E-state index contributed by atoms with van der Waals surface area (Å²) in [5, 5.41) is 19.0. The zero-order valence-corrected chi connectivity index (χ0v) is 26.5. The van der Waals surface area contributed by atoms with Crippen molar-refractivity contribution in [1.29, 1.82) is 0 Å². The van der Waals surface area contributed by atoms with E-state index in [1.807, 2.05) is 49.4 Å². The third-order valence-corrected chi connectivity index (χ3v) is 8.83. The lowest BCUT2D eigenvalue weighted by atomic mass is 10.0. The van der Waals surface area contributed by atoms with Gasteiger partial charge in [-0.1, -0.05) is 29.8 Å². The molecule has 1 saturated heterocycles. The summed E-state index contributed by atoms with van der Waals surface area (Å²) in [7, 11) is 1.58. The van der Waals surface area contributed by atoms with Gasteiger partial charge in [-0.2, -0.15) is 0 Å². The molecule has 1 fully saturated rings. The van der Waals surface area contributed by atoms with Crippen molar-refractivity contribution < 1.29 is 19.4 Å². The quantitative estimate of drug-likeness (QED) is 0.190. The number of β-amino-alcohol motifs (C(OH)–C–C–N with tert-alkyl or cyclic N) is 1. The molecule has 0 aliphatic carbocycles. The van der Waals surface area contributed by atoms with Crippen LogP contribution >= 0.6 is 11.6 Å². The third kappa shape index (κ3) is 6.73. The largest absolute Gasteiger partial charge is 0.481 e. The first-order chi connectivity index (χ1) is 22.3. The number of carbonyl (C=O) groups excluding carboxylic acids is 2. The van der Waals surface area contributed by atoms with Gasteiger partial charge in [-0.25, -0.2) is 4.98 Å². The monoisotopic (exact) mass is 641 g/mol. The topological polar surface area (TPSA) is 142 Å². The molecule has 0 bridgehead atoms. The maximum Gasteiger partial charge on any atom is 0.274 e. The van der Waals surface area contributed by atoms with Crippen LogP contribution in [0.15, 0.2) is 54.9 Å². The van der Waals surface area contributed by atoms with E-state index in [-0.39, 0.29) is 24.5 Å². The molecule has 238 valence electrons. The highest BCUT2D eigenvalue weighted by atomic mass is 35.5. The Bertz CT molecular complexity index is 1780. The van der Waals surface area contributed by atoms with E-state index < -0.39 is 0 Å². The Morgan fingerprint density at radius 2 is 2.00 bits per heavy atom. The number of pyridine rings is 3. The molecule has 1 aromatic carbocycles. The van der Waals surface area contributed by atoms with E-state index in [9.17, 15) is 14.7 Å². The lowest BCUT2D eigenvalue weighted by Gasteiger charge is -2.16. The first-order valence-electron chi connectivity index (χ1n) is 15.3. The Morgan fingerprint density at radius 3 is 2.78 bits per heavy atom. The van der Waals surface area contributed by atoms with Gasteiger partial charge in [0.2, 0.25) is 11.8 Å². The van der Waals surface area contributed by atoms with Crippen LogP contribution < -0.4 is 20.7 Å². The van der Waals surface area contributed by atoms with Gasteiger partial charge in [-0.05, 0) is 54.3 Å². The van der Waals surface area contributed by atoms with Crippen LogP contribution in [0, 0.1) is 6.92 Å². The van der Waals surface area contributed by atoms with Gasteiger partial charge in [0.15, 0.2) is 0 Å². The maximum atomic E-state index is 13.3. The first kappa shape index (κ1) is 31.6. The number of aliphatic hydroxyl groups excluding tert-OH is 1. The first-order valence-corrected chi connectivity index (χ1v) is 15.6. The maximum absolute atomic E-state index is 13.3. The summed E-state index contributed by atoms with van der Waals surface area (Å²) in [6.07, 6.45) is 4.83.